The van der Waals surface area contributed by atoms with E-state index in [1.165, 1.54) is 18.3 Å². The molecular weight excluding hydrogens is 333 g/mol. The minimum absolute atomic E-state index is 0.175. The molecule has 26 heavy (non-hydrogen) atoms. The maximum absolute atomic E-state index is 13.1. The number of aromatic amines is 1. The van der Waals surface area contributed by atoms with E-state index >= 15 is 0 Å². The lowest BCUT2D eigenvalue weighted by Crippen LogP contribution is -2.31. The third-order valence-electron chi connectivity index (χ3n) is 4.13. The third-order valence-corrected chi connectivity index (χ3v) is 4.13. The van der Waals surface area contributed by atoms with Crippen LogP contribution in [0.1, 0.15) is 15.9 Å². The molecule has 0 aliphatic heterocycles. The number of nitrogens with one attached hydrogen (secondary N) is 1. The smallest absolute Gasteiger partial charge is 0.257 e. The second kappa shape index (κ2) is 7.82. The summed E-state index contributed by atoms with van der Waals surface area (Å²) in [5.41, 5.74) is 2.77. The SMILES string of the molecule is Cc1ccccc1OCCN(C)C(=O)c1cn[nH]c1-c1ccc(F)cc1. The van der Waals surface area contributed by atoms with Crippen LogP contribution in [0.15, 0.2) is 54.7 Å². The van der Waals surface area contributed by atoms with Gasteiger partial charge in [0.05, 0.1) is 24.0 Å². The first-order chi connectivity index (χ1) is 12.6. The van der Waals surface area contributed by atoms with Crippen LogP contribution in [0.25, 0.3) is 11.3 Å². The summed E-state index contributed by atoms with van der Waals surface area (Å²) in [5, 5.41) is 6.78. The maximum atomic E-state index is 13.1. The number of nitrogens with zero attached hydrogens (tertiary/aromatic N) is 2. The Bertz CT molecular complexity index is 890. The second-order valence-electron chi connectivity index (χ2n) is 6.01. The molecule has 134 valence electrons. The molecule has 1 N–H and O–H groups in total. The van der Waals surface area contributed by atoms with Gasteiger partial charge in [-0.15, -0.1) is 0 Å². The van der Waals surface area contributed by atoms with Crippen molar-refractivity contribution < 1.29 is 13.9 Å². The highest BCUT2D eigenvalue weighted by Gasteiger charge is 2.19. The Morgan fingerprint density at radius 2 is 1.92 bits per heavy atom. The molecule has 1 heterocycles. The van der Waals surface area contributed by atoms with Crippen molar-refractivity contribution in [1.29, 1.82) is 0 Å². The number of aryl methyl sites for hydroxylation is 1. The van der Waals surface area contributed by atoms with E-state index in [1.54, 1.807) is 24.1 Å². The summed E-state index contributed by atoms with van der Waals surface area (Å²) in [6.45, 7) is 2.79. The highest BCUT2D eigenvalue weighted by Crippen LogP contribution is 2.22. The van der Waals surface area contributed by atoms with E-state index in [9.17, 15) is 9.18 Å². The number of likely N-dealkylation sites (N-methyl/N-ethyl adjacent to an activating group) is 1. The van der Waals surface area contributed by atoms with Crippen molar-refractivity contribution in [3.05, 3.63) is 71.7 Å². The lowest BCUT2D eigenvalue weighted by molar-refractivity contribution is 0.0774. The predicted molar refractivity (Wildman–Crippen MR) is 97.6 cm³/mol. The summed E-state index contributed by atoms with van der Waals surface area (Å²) in [6.07, 6.45) is 1.49. The van der Waals surface area contributed by atoms with Crippen molar-refractivity contribution in [2.24, 2.45) is 0 Å². The Labute approximate surface area is 151 Å². The topological polar surface area (TPSA) is 58.2 Å². The number of halogens is 1. The number of hydrogen-bond acceptors (Lipinski definition) is 3. The molecule has 5 nitrogen and oxygen atoms in total. The Kier molecular flexibility index (Phi) is 5.31. The maximum Gasteiger partial charge on any atom is 0.257 e. The number of para-hydroxylation sites is 1. The van der Waals surface area contributed by atoms with E-state index in [1.807, 2.05) is 31.2 Å². The van der Waals surface area contributed by atoms with Gasteiger partial charge in [-0.05, 0) is 42.8 Å². The summed E-state index contributed by atoms with van der Waals surface area (Å²) >= 11 is 0. The minimum atomic E-state index is -0.327. The van der Waals surface area contributed by atoms with E-state index in [2.05, 4.69) is 10.2 Å². The average molecular weight is 353 g/mol. The van der Waals surface area contributed by atoms with Gasteiger partial charge in [-0.1, -0.05) is 18.2 Å². The first-order valence-corrected chi connectivity index (χ1v) is 8.29. The summed E-state index contributed by atoms with van der Waals surface area (Å²) in [7, 11) is 1.71. The number of amides is 1. The van der Waals surface area contributed by atoms with Gasteiger partial charge < -0.3 is 9.64 Å². The summed E-state index contributed by atoms with van der Waals surface area (Å²) in [6, 6.07) is 13.7. The molecule has 1 aromatic heterocycles. The molecule has 0 unspecified atom stereocenters. The molecule has 6 heteroatoms. The zero-order valence-corrected chi connectivity index (χ0v) is 14.7. The van der Waals surface area contributed by atoms with Gasteiger partial charge in [-0.3, -0.25) is 9.89 Å². The van der Waals surface area contributed by atoms with Crippen LogP contribution < -0.4 is 4.74 Å². The van der Waals surface area contributed by atoms with Crippen LogP contribution in [-0.2, 0) is 0 Å². The molecule has 3 aromatic rings. The van der Waals surface area contributed by atoms with Crippen LogP contribution in [0.3, 0.4) is 0 Å². The van der Waals surface area contributed by atoms with E-state index in [0.29, 0.717) is 30.0 Å². The summed E-state index contributed by atoms with van der Waals surface area (Å²) < 4.78 is 18.9. The Balaban J connectivity index is 1.65. The van der Waals surface area contributed by atoms with Gasteiger partial charge in [0, 0.05) is 12.6 Å². The van der Waals surface area contributed by atoms with Crippen molar-refractivity contribution in [1.82, 2.24) is 15.1 Å². The standard InChI is InChI=1S/C20H20FN3O2/c1-14-5-3-4-6-18(14)26-12-11-24(2)20(25)17-13-22-23-19(17)15-7-9-16(21)10-8-15/h3-10,13H,11-12H2,1-2H3,(H,22,23). The molecule has 0 saturated carbocycles. The van der Waals surface area contributed by atoms with Crippen LogP contribution in [-0.4, -0.2) is 41.2 Å². The van der Waals surface area contributed by atoms with E-state index in [-0.39, 0.29) is 11.7 Å². The van der Waals surface area contributed by atoms with Crippen LogP contribution in [0, 0.1) is 12.7 Å². The van der Waals surface area contributed by atoms with E-state index in [0.717, 1.165) is 11.3 Å². The molecule has 0 bridgehead atoms. The van der Waals surface area contributed by atoms with Gasteiger partial charge in [-0.25, -0.2) is 4.39 Å². The number of H-pyrrole nitrogens is 1. The van der Waals surface area contributed by atoms with E-state index in [4.69, 9.17) is 4.74 Å². The zero-order valence-electron chi connectivity index (χ0n) is 14.7. The molecule has 0 saturated heterocycles. The molecule has 3 rings (SSSR count). The number of carbonyl (C=O) groups excluding carboxylic acids is 1. The number of rotatable bonds is 6. The average Bonchev–Trinajstić information content (AvgIpc) is 3.13. The first-order valence-electron chi connectivity index (χ1n) is 8.29. The minimum Gasteiger partial charge on any atom is -0.491 e. The van der Waals surface area contributed by atoms with E-state index < -0.39 is 0 Å². The highest BCUT2D eigenvalue weighted by molar-refractivity contribution is 5.99. The molecule has 2 aromatic carbocycles. The van der Waals surface area contributed by atoms with Crippen molar-refractivity contribution in [2.75, 3.05) is 20.2 Å². The molecule has 0 aliphatic carbocycles. The summed E-state index contributed by atoms with van der Waals surface area (Å²) in [5.74, 6) is 0.307. The number of hydrogen-bond donors (Lipinski definition) is 1. The Morgan fingerprint density at radius 3 is 2.65 bits per heavy atom. The molecular formula is C20H20FN3O2. The number of carbonyl (C=O) groups is 1. The lowest BCUT2D eigenvalue weighted by atomic mass is 10.1. The van der Waals surface area contributed by atoms with Gasteiger partial charge >= 0.3 is 0 Å². The van der Waals surface area contributed by atoms with Gasteiger partial charge in [0.15, 0.2) is 0 Å². The van der Waals surface area contributed by atoms with Gasteiger partial charge in [0.25, 0.3) is 5.91 Å². The predicted octanol–water partition coefficient (Wildman–Crippen LogP) is 3.68. The van der Waals surface area contributed by atoms with Gasteiger partial charge in [0.2, 0.25) is 0 Å². The molecule has 0 spiro atoms. The quantitative estimate of drug-likeness (QED) is 0.735. The van der Waals surface area contributed by atoms with Crippen LogP contribution in [0.4, 0.5) is 4.39 Å². The fraction of sp³-hybridized carbons (Fsp3) is 0.200. The molecule has 0 radical (unpaired) electrons. The number of aromatic nitrogens is 2. The third kappa shape index (κ3) is 3.91. The van der Waals surface area contributed by atoms with Gasteiger partial charge in [0.1, 0.15) is 18.2 Å². The van der Waals surface area contributed by atoms with Gasteiger partial charge in [-0.2, -0.15) is 5.10 Å². The van der Waals surface area contributed by atoms with Crippen LogP contribution in [0.2, 0.25) is 0 Å². The fourth-order valence-corrected chi connectivity index (χ4v) is 2.60. The monoisotopic (exact) mass is 353 g/mol. The normalized spacial score (nSPS) is 10.6. The largest absolute Gasteiger partial charge is 0.491 e. The zero-order chi connectivity index (χ0) is 18.5. The number of ether oxygens (including phenoxy) is 1. The molecule has 0 aliphatic rings. The second-order valence-corrected chi connectivity index (χ2v) is 6.01. The fourth-order valence-electron chi connectivity index (χ4n) is 2.60. The van der Waals surface area contributed by atoms with Crippen molar-refractivity contribution in [3.8, 4) is 17.0 Å². The lowest BCUT2D eigenvalue weighted by Gasteiger charge is -2.18. The van der Waals surface area contributed by atoms with Crippen LogP contribution in [0.5, 0.6) is 5.75 Å². The Morgan fingerprint density at radius 1 is 1.19 bits per heavy atom. The number of benzene rings is 2. The van der Waals surface area contributed by atoms with Crippen molar-refractivity contribution >= 4 is 5.91 Å². The summed E-state index contributed by atoms with van der Waals surface area (Å²) in [4.78, 5) is 14.3. The molecule has 0 fully saturated rings. The van der Waals surface area contributed by atoms with Crippen molar-refractivity contribution in [3.63, 3.8) is 0 Å². The molecule has 0 atom stereocenters. The highest BCUT2D eigenvalue weighted by atomic mass is 19.1. The molecule has 1 amide bonds. The Hall–Kier alpha value is -3.15. The first kappa shape index (κ1) is 17.7. The van der Waals surface area contributed by atoms with Crippen LogP contribution >= 0.6 is 0 Å². The van der Waals surface area contributed by atoms with Crippen molar-refractivity contribution in [2.45, 2.75) is 6.92 Å².